The molecule has 5 heteroatoms. The molecule has 0 bridgehead atoms. The zero-order chi connectivity index (χ0) is 15.5. The summed E-state index contributed by atoms with van der Waals surface area (Å²) in [5, 5.41) is 9.91. The number of hydrogen-bond acceptors (Lipinski definition) is 3. The Hall–Kier alpha value is -2.14. The van der Waals surface area contributed by atoms with Gasteiger partial charge >= 0.3 is 0 Å². The van der Waals surface area contributed by atoms with Gasteiger partial charge in [-0.15, -0.1) is 0 Å². The molecule has 0 spiro atoms. The molecule has 0 radical (unpaired) electrons. The summed E-state index contributed by atoms with van der Waals surface area (Å²) in [6, 6.07) is 13.7. The van der Waals surface area contributed by atoms with E-state index in [1.165, 1.54) is 12.1 Å². The van der Waals surface area contributed by atoms with E-state index < -0.39 is 0 Å². The Balaban J connectivity index is 1.65. The molecule has 1 heterocycles. The maximum absolute atomic E-state index is 13.0. The average Bonchev–Trinajstić information content (AvgIpc) is 2.56. The molecule has 0 aromatic heterocycles. The number of phenolic OH excluding ortho intramolecular Hbond substituents is 1. The second-order valence-corrected chi connectivity index (χ2v) is 5.66. The second-order valence-electron chi connectivity index (χ2n) is 5.27. The van der Waals surface area contributed by atoms with Gasteiger partial charge in [0.2, 0.25) is 0 Å². The molecule has 1 N–H and O–H groups in total. The van der Waals surface area contributed by atoms with Crippen molar-refractivity contribution < 1.29 is 9.50 Å². The van der Waals surface area contributed by atoms with E-state index in [0.717, 1.165) is 31.9 Å². The maximum Gasteiger partial charge on any atom is 0.125 e. The molecule has 0 unspecified atom stereocenters. The van der Waals surface area contributed by atoms with Crippen LogP contribution in [0.25, 0.3) is 0 Å². The molecular formula is C17H17FN2OS. The number of benzene rings is 2. The van der Waals surface area contributed by atoms with Gasteiger partial charge in [0.15, 0.2) is 0 Å². The monoisotopic (exact) mass is 316 g/mol. The van der Waals surface area contributed by atoms with Gasteiger partial charge < -0.3 is 14.9 Å². The van der Waals surface area contributed by atoms with Gasteiger partial charge in [0, 0.05) is 31.9 Å². The van der Waals surface area contributed by atoms with Crippen LogP contribution >= 0.6 is 12.2 Å². The van der Waals surface area contributed by atoms with Crippen molar-refractivity contribution in [3.8, 4) is 5.75 Å². The van der Waals surface area contributed by atoms with Crippen molar-refractivity contribution in [2.75, 3.05) is 31.1 Å². The Morgan fingerprint density at radius 2 is 1.59 bits per heavy atom. The third-order valence-electron chi connectivity index (χ3n) is 3.89. The summed E-state index contributed by atoms with van der Waals surface area (Å²) in [4.78, 5) is 4.99. The van der Waals surface area contributed by atoms with Crippen molar-refractivity contribution >= 4 is 22.9 Å². The highest BCUT2D eigenvalue weighted by molar-refractivity contribution is 7.80. The van der Waals surface area contributed by atoms with Gasteiger partial charge in [-0.1, -0.05) is 24.4 Å². The lowest BCUT2D eigenvalue weighted by Gasteiger charge is -2.37. The molecule has 2 aromatic carbocycles. The van der Waals surface area contributed by atoms with E-state index in [1.807, 2.05) is 12.1 Å². The van der Waals surface area contributed by atoms with Crippen molar-refractivity contribution in [2.24, 2.45) is 0 Å². The molecule has 3 nitrogen and oxygen atoms in total. The van der Waals surface area contributed by atoms with Gasteiger partial charge in [-0.3, -0.25) is 0 Å². The summed E-state index contributed by atoms with van der Waals surface area (Å²) in [7, 11) is 0. The highest BCUT2D eigenvalue weighted by atomic mass is 32.1. The van der Waals surface area contributed by atoms with Crippen molar-refractivity contribution in [1.29, 1.82) is 0 Å². The lowest BCUT2D eigenvalue weighted by molar-refractivity contribution is 0.390. The van der Waals surface area contributed by atoms with Crippen LogP contribution in [0.2, 0.25) is 0 Å². The third kappa shape index (κ3) is 3.04. The Morgan fingerprint density at radius 3 is 2.23 bits per heavy atom. The van der Waals surface area contributed by atoms with Gasteiger partial charge in [-0.25, -0.2) is 4.39 Å². The molecule has 0 saturated carbocycles. The molecule has 1 fully saturated rings. The van der Waals surface area contributed by atoms with Crippen LogP contribution in [-0.2, 0) is 0 Å². The fourth-order valence-corrected chi connectivity index (χ4v) is 3.00. The number of hydrogen-bond donors (Lipinski definition) is 1. The molecular weight excluding hydrogens is 299 g/mol. The largest absolute Gasteiger partial charge is 0.507 e. The summed E-state index contributed by atoms with van der Waals surface area (Å²) < 4.78 is 13.0. The number of anilines is 1. The van der Waals surface area contributed by atoms with E-state index in [9.17, 15) is 9.50 Å². The normalized spacial score (nSPS) is 15.0. The van der Waals surface area contributed by atoms with E-state index in [4.69, 9.17) is 12.2 Å². The first-order valence-corrected chi connectivity index (χ1v) is 7.64. The van der Waals surface area contributed by atoms with Crippen molar-refractivity contribution in [3.63, 3.8) is 0 Å². The van der Waals surface area contributed by atoms with E-state index >= 15 is 0 Å². The smallest absolute Gasteiger partial charge is 0.125 e. The number of nitrogens with zero attached hydrogens (tertiary/aromatic N) is 2. The Morgan fingerprint density at radius 1 is 0.955 bits per heavy atom. The van der Waals surface area contributed by atoms with E-state index in [0.29, 0.717) is 10.6 Å². The number of para-hydroxylation sites is 1. The molecule has 0 amide bonds. The van der Waals surface area contributed by atoms with Gasteiger partial charge in [0.05, 0.1) is 5.56 Å². The quantitative estimate of drug-likeness (QED) is 0.862. The topological polar surface area (TPSA) is 26.7 Å². The Kier molecular flexibility index (Phi) is 4.24. The summed E-state index contributed by atoms with van der Waals surface area (Å²) in [5.74, 6) is -0.00317. The standard InChI is InChI=1S/C17H17FN2OS/c18-13-5-7-14(8-6-13)19-9-11-20(12-10-19)17(22)15-3-1-2-4-16(15)21/h1-8,21H,9-12H2. The number of thiocarbonyl (C=S) groups is 1. The summed E-state index contributed by atoms with van der Waals surface area (Å²) in [6.45, 7) is 3.20. The lowest BCUT2D eigenvalue weighted by atomic mass is 10.1. The molecule has 1 aliphatic heterocycles. The Labute approximate surface area is 134 Å². The molecule has 0 atom stereocenters. The number of aromatic hydroxyl groups is 1. The molecule has 0 aliphatic carbocycles. The lowest BCUT2D eigenvalue weighted by Crippen LogP contribution is -2.48. The van der Waals surface area contributed by atoms with Gasteiger partial charge in [0.1, 0.15) is 16.6 Å². The SMILES string of the molecule is Oc1ccccc1C(=S)N1CCN(c2ccc(F)cc2)CC1. The van der Waals surface area contributed by atoms with Crippen LogP contribution in [0.1, 0.15) is 5.56 Å². The molecule has 3 rings (SSSR count). The van der Waals surface area contributed by atoms with Gasteiger partial charge in [0.25, 0.3) is 0 Å². The Bertz CT molecular complexity index is 667. The summed E-state index contributed by atoms with van der Waals surface area (Å²) in [5.41, 5.74) is 1.72. The third-order valence-corrected chi connectivity index (χ3v) is 4.37. The molecule has 114 valence electrons. The van der Waals surface area contributed by atoms with Gasteiger partial charge in [-0.05, 0) is 36.4 Å². The van der Waals surface area contributed by atoms with E-state index in [1.54, 1.807) is 24.3 Å². The van der Waals surface area contributed by atoms with Crippen molar-refractivity contribution in [3.05, 3.63) is 59.9 Å². The zero-order valence-electron chi connectivity index (χ0n) is 12.1. The van der Waals surface area contributed by atoms with E-state index in [-0.39, 0.29) is 11.6 Å². The maximum atomic E-state index is 13.0. The first kappa shape index (κ1) is 14.8. The molecule has 2 aromatic rings. The molecule has 1 saturated heterocycles. The van der Waals surface area contributed by atoms with Crippen LogP contribution < -0.4 is 4.90 Å². The van der Waals surface area contributed by atoms with Gasteiger partial charge in [-0.2, -0.15) is 0 Å². The first-order valence-electron chi connectivity index (χ1n) is 7.23. The first-order chi connectivity index (χ1) is 10.6. The van der Waals surface area contributed by atoms with Crippen LogP contribution in [0.5, 0.6) is 5.75 Å². The van der Waals surface area contributed by atoms with Crippen LogP contribution in [0.4, 0.5) is 10.1 Å². The highest BCUT2D eigenvalue weighted by Gasteiger charge is 2.21. The number of phenols is 1. The fourth-order valence-electron chi connectivity index (χ4n) is 2.64. The van der Waals surface area contributed by atoms with Crippen LogP contribution in [-0.4, -0.2) is 41.2 Å². The summed E-state index contributed by atoms with van der Waals surface area (Å²) >= 11 is 5.50. The van der Waals surface area contributed by atoms with Crippen LogP contribution in [0, 0.1) is 5.82 Å². The number of rotatable bonds is 2. The minimum Gasteiger partial charge on any atom is -0.507 e. The van der Waals surface area contributed by atoms with Crippen molar-refractivity contribution in [1.82, 2.24) is 4.90 Å². The predicted octanol–water partition coefficient (Wildman–Crippen LogP) is 3.03. The summed E-state index contributed by atoms with van der Waals surface area (Å²) in [6.07, 6.45) is 0. The van der Waals surface area contributed by atoms with Crippen LogP contribution in [0.15, 0.2) is 48.5 Å². The zero-order valence-corrected chi connectivity index (χ0v) is 12.9. The average molecular weight is 316 g/mol. The second kappa shape index (κ2) is 6.32. The molecule has 22 heavy (non-hydrogen) atoms. The minimum absolute atomic E-state index is 0.216. The minimum atomic E-state index is -0.219. The highest BCUT2D eigenvalue weighted by Crippen LogP contribution is 2.21. The van der Waals surface area contributed by atoms with Crippen LogP contribution in [0.3, 0.4) is 0 Å². The van der Waals surface area contributed by atoms with E-state index in [2.05, 4.69) is 9.80 Å². The molecule has 1 aliphatic rings. The fraction of sp³-hybridized carbons (Fsp3) is 0.235. The van der Waals surface area contributed by atoms with Crippen molar-refractivity contribution in [2.45, 2.75) is 0 Å². The number of piperazine rings is 1. The number of halogens is 1. The predicted molar refractivity (Wildman–Crippen MR) is 90.0 cm³/mol.